The Labute approximate surface area is 96.8 Å². The number of hydrogen-bond acceptors (Lipinski definition) is 0. The molecule has 1 rings (SSSR count). The van der Waals surface area contributed by atoms with Crippen LogP contribution in [0.15, 0.2) is 0 Å². The van der Waals surface area contributed by atoms with Crippen molar-refractivity contribution in [1.29, 1.82) is 0 Å². The monoisotopic (exact) mass is 210 g/mol. The van der Waals surface area contributed by atoms with Crippen LogP contribution in [0, 0.1) is 29.1 Å². The number of hydrogen-bond donors (Lipinski definition) is 0. The van der Waals surface area contributed by atoms with Crippen LogP contribution in [-0.4, -0.2) is 0 Å². The van der Waals surface area contributed by atoms with Crippen molar-refractivity contribution in [2.24, 2.45) is 29.1 Å². The van der Waals surface area contributed by atoms with Crippen molar-refractivity contribution in [1.82, 2.24) is 0 Å². The molecule has 0 aromatic carbocycles. The third-order valence-corrected chi connectivity index (χ3v) is 4.71. The fourth-order valence-electron chi connectivity index (χ4n) is 3.84. The summed E-state index contributed by atoms with van der Waals surface area (Å²) in [5.41, 5.74) is 0.506. The maximum Gasteiger partial charge on any atom is -0.0337 e. The van der Waals surface area contributed by atoms with Crippen LogP contribution in [0.5, 0.6) is 0 Å². The van der Waals surface area contributed by atoms with Crippen LogP contribution in [0.25, 0.3) is 0 Å². The van der Waals surface area contributed by atoms with Crippen molar-refractivity contribution in [3.8, 4) is 0 Å². The van der Waals surface area contributed by atoms with Gasteiger partial charge in [0.1, 0.15) is 0 Å². The van der Waals surface area contributed by atoms with Crippen molar-refractivity contribution < 1.29 is 0 Å². The molecule has 1 fully saturated rings. The van der Waals surface area contributed by atoms with E-state index in [1.54, 1.807) is 0 Å². The summed E-state index contributed by atoms with van der Waals surface area (Å²) in [6.45, 7) is 14.6. The Morgan fingerprint density at radius 2 is 1.67 bits per heavy atom. The molecule has 0 amide bonds. The lowest BCUT2D eigenvalue weighted by molar-refractivity contribution is 0.0350. The molecule has 0 nitrogen and oxygen atoms in total. The molecule has 0 heteroatoms. The largest absolute Gasteiger partial charge is 0.0654 e. The molecule has 0 aromatic rings. The number of rotatable bonds is 2. The smallest absolute Gasteiger partial charge is 0.0337 e. The van der Waals surface area contributed by atoms with E-state index in [0.717, 1.165) is 23.7 Å². The molecule has 0 radical (unpaired) electrons. The van der Waals surface area contributed by atoms with Gasteiger partial charge in [0, 0.05) is 0 Å². The van der Waals surface area contributed by atoms with Crippen LogP contribution in [0.3, 0.4) is 0 Å². The first-order chi connectivity index (χ1) is 6.88. The fourth-order valence-corrected chi connectivity index (χ4v) is 3.84. The van der Waals surface area contributed by atoms with Gasteiger partial charge in [-0.3, -0.25) is 0 Å². The van der Waals surface area contributed by atoms with Crippen molar-refractivity contribution >= 4 is 0 Å². The Balaban J connectivity index is 2.72. The molecule has 0 spiro atoms. The standard InChI is InChI=1S/C15H30/c1-7-8-13-11(2)9-10-14(12(13)3)15(4,5)6/h11-14H,7-10H2,1-6H3. The quantitative estimate of drug-likeness (QED) is 0.592. The van der Waals surface area contributed by atoms with Gasteiger partial charge in [-0.25, -0.2) is 0 Å². The molecule has 1 aliphatic rings. The summed E-state index contributed by atoms with van der Waals surface area (Å²) < 4.78 is 0. The van der Waals surface area contributed by atoms with Gasteiger partial charge >= 0.3 is 0 Å². The van der Waals surface area contributed by atoms with Crippen molar-refractivity contribution in [3.63, 3.8) is 0 Å². The van der Waals surface area contributed by atoms with Crippen molar-refractivity contribution in [2.75, 3.05) is 0 Å². The Hall–Kier alpha value is 0. The molecule has 0 N–H and O–H groups in total. The second kappa shape index (κ2) is 4.89. The zero-order valence-electron chi connectivity index (χ0n) is 11.6. The highest BCUT2D eigenvalue weighted by molar-refractivity contribution is 4.88. The van der Waals surface area contributed by atoms with Gasteiger partial charge in [0.2, 0.25) is 0 Å². The maximum atomic E-state index is 2.51. The molecule has 4 unspecified atom stereocenters. The lowest BCUT2D eigenvalue weighted by Gasteiger charge is -2.46. The highest BCUT2D eigenvalue weighted by Crippen LogP contribution is 2.47. The predicted molar refractivity (Wildman–Crippen MR) is 68.9 cm³/mol. The van der Waals surface area contributed by atoms with E-state index >= 15 is 0 Å². The van der Waals surface area contributed by atoms with Crippen LogP contribution >= 0.6 is 0 Å². The molecule has 1 saturated carbocycles. The maximum absolute atomic E-state index is 2.51. The molecule has 0 heterocycles. The van der Waals surface area contributed by atoms with Gasteiger partial charge in [0.25, 0.3) is 0 Å². The molecular formula is C15H30. The molecule has 0 saturated heterocycles. The summed E-state index contributed by atoms with van der Waals surface area (Å²) in [7, 11) is 0. The highest BCUT2D eigenvalue weighted by atomic mass is 14.4. The first kappa shape index (κ1) is 13.1. The van der Waals surface area contributed by atoms with E-state index in [0.29, 0.717) is 5.41 Å². The Morgan fingerprint density at radius 1 is 1.07 bits per heavy atom. The van der Waals surface area contributed by atoms with Gasteiger partial charge in [-0.05, 0) is 35.5 Å². The van der Waals surface area contributed by atoms with Crippen LogP contribution < -0.4 is 0 Å². The summed E-state index contributed by atoms with van der Waals surface area (Å²) in [5, 5.41) is 0. The van der Waals surface area contributed by atoms with E-state index in [9.17, 15) is 0 Å². The van der Waals surface area contributed by atoms with Crippen LogP contribution in [-0.2, 0) is 0 Å². The zero-order chi connectivity index (χ0) is 11.6. The van der Waals surface area contributed by atoms with Gasteiger partial charge in [0.15, 0.2) is 0 Å². The lowest BCUT2D eigenvalue weighted by atomic mass is 9.59. The normalized spacial score (nSPS) is 38.0. The summed E-state index contributed by atoms with van der Waals surface area (Å²) in [6, 6.07) is 0. The zero-order valence-corrected chi connectivity index (χ0v) is 11.6. The van der Waals surface area contributed by atoms with Crippen LogP contribution in [0.2, 0.25) is 0 Å². The third kappa shape index (κ3) is 2.98. The van der Waals surface area contributed by atoms with E-state index in [4.69, 9.17) is 0 Å². The molecule has 0 aromatic heterocycles. The van der Waals surface area contributed by atoms with E-state index in [1.807, 2.05) is 0 Å². The molecule has 90 valence electrons. The van der Waals surface area contributed by atoms with E-state index < -0.39 is 0 Å². The first-order valence-electron chi connectivity index (χ1n) is 6.88. The molecule has 0 aliphatic heterocycles. The Kier molecular flexibility index (Phi) is 4.26. The first-order valence-corrected chi connectivity index (χ1v) is 6.88. The van der Waals surface area contributed by atoms with Gasteiger partial charge in [-0.1, -0.05) is 60.8 Å². The summed E-state index contributed by atoms with van der Waals surface area (Å²) in [5.74, 6) is 3.80. The van der Waals surface area contributed by atoms with Gasteiger partial charge in [-0.2, -0.15) is 0 Å². The molecular weight excluding hydrogens is 180 g/mol. The third-order valence-electron chi connectivity index (χ3n) is 4.71. The van der Waals surface area contributed by atoms with Gasteiger partial charge in [-0.15, -0.1) is 0 Å². The minimum Gasteiger partial charge on any atom is -0.0654 e. The topological polar surface area (TPSA) is 0 Å². The SMILES string of the molecule is CCCC1C(C)CCC(C(C)(C)C)C1C. The fraction of sp³-hybridized carbons (Fsp3) is 1.00. The second-order valence-corrected chi connectivity index (χ2v) is 6.84. The summed E-state index contributed by atoms with van der Waals surface area (Å²) in [4.78, 5) is 0. The predicted octanol–water partition coefficient (Wildman–Crippen LogP) is 5.13. The second-order valence-electron chi connectivity index (χ2n) is 6.84. The summed E-state index contributed by atoms with van der Waals surface area (Å²) >= 11 is 0. The van der Waals surface area contributed by atoms with Crippen molar-refractivity contribution in [2.45, 2.75) is 67.2 Å². The average molecular weight is 210 g/mol. The Bertz CT molecular complexity index is 187. The van der Waals surface area contributed by atoms with Crippen molar-refractivity contribution in [3.05, 3.63) is 0 Å². The minimum absolute atomic E-state index is 0.506. The summed E-state index contributed by atoms with van der Waals surface area (Å²) in [6.07, 6.45) is 5.70. The minimum atomic E-state index is 0.506. The molecule has 1 aliphatic carbocycles. The molecule has 4 atom stereocenters. The Morgan fingerprint density at radius 3 is 2.13 bits per heavy atom. The molecule has 0 bridgehead atoms. The van der Waals surface area contributed by atoms with Gasteiger partial charge in [0.05, 0.1) is 0 Å². The van der Waals surface area contributed by atoms with Crippen LogP contribution in [0.1, 0.15) is 67.2 Å². The highest BCUT2D eigenvalue weighted by Gasteiger charge is 2.39. The average Bonchev–Trinajstić information content (AvgIpc) is 2.09. The van der Waals surface area contributed by atoms with Gasteiger partial charge < -0.3 is 0 Å². The van der Waals surface area contributed by atoms with E-state index in [-0.39, 0.29) is 0 Å². The molecule has 15 heavy (non-hydrogen) atoms. The lowest BCUT2D eigenvalue weighted by Crippen LogP contribution is -2.38. The van der Waals surface area contributed by atoms with E-state index in [1.165, 1.54) is 25.7 Å². The van der Waals surface area contributed by atoms with E-state index in [2.05, 4.69) is 41.5 Å². The van der Waals surface area contributed by atoms with Crippen LogP contribution in [0.4, 0.5) is 0 Å².